The molecular weight excluding hydrogens is 385 g/mol. The molecule has 0 spiro atoms. The number of halogens is 4. The average molecular weight is 409 g/mol. The second-order valence-electron chi connectivity index (χ2n) is 7.04. The van der Waals surface area contributed by atoms with Crippen molar-refractivity contribution in [2.45, 2.75) is 44.3 Å². The van der Waals surface area contributed by atoms with Crippen LogP contribution in [0.25, 0.3) is 0 Å². The molecule has 1 N–H and O–H groups in total. The van der Waals surface area contributed by atoms with Crippen molar-refractivity contribution >= 4 is 17.5 Å². The van der Waals surface area contributed by atoms with Crippen molar-refractivity contribution in [1.82, 2.24) is 20.0 Å². The Morgan fingerprint density at radius 1 is 1.37 bits per heavy atom. The maximum absolute atomic E-state index is 13.1. The van der Waals surface area contributed by atoms with Crippen molar-refractivity contribution in [3.05, 3.63) is 16.4 Å². The number of rotatable bonds is 7. The van der Waals surface area contributed by atoms with E-state index in [2.05, 4.69) is 15.3 Å². The Labute approximate surface area is 161 Å². The molecule has 10 heteroatoms. The smallest absolute Gasteiger partial charge is 0.379 e. The number of alkyl halides is 3. The second kappa shape index (κ2) is 8.36. The van der Waals surface area contributed by atoms with E-state index in [1.165, 1.54) is 0 Å². The van der Waals surface area contributed by atoms with Gasteiger partial charge in [0.1, 0.15) is 6.04 Å². The Kier molecular flexibility index (Phi) is 6.32. The zero-order valence-electron chi connectivity index (χ0n) is 15.2. The molecule has 1 saturated heterocycles. The number of hydrogen-bond donors (Lipinski definition) is 1. The van der Waals surface area contributed by atoms with Crippen LogP contribution in [0.3, 0.4) is 0 Å². The summed E-state index contributed by atoms with van der Waals surface area (Å²) in [6, 6.07) is -0.849. The van der Waals surface area contributed by atoms with Gasteiger partial charge in [0.05, 0.1) is 23.9 Å². The largest absolute Gasteiger partial charge is 0.436 e. The van der Waals surface area contributed by atoms with Crippen molar-refractivity contribution in [2.75, 3.05) is 39.4 Å². The van der Waals surface area contributed by atoms with Crippen molar-refractivity contribution < 1.29 is 22.7 Å². The number of hydrogen-bond acceptors (Lipinski definition) is 4. The average Bonchev–Trinajstić information content (AvgIpc) is 3.40. The van der Waals surface area contributed by atoms with Gasteiger partial charge in [-0.05, 0) is 32.7 Å². The predicted molar refractivity (Wildman–Crippen MR) is 93.8 cm³/mol. The van der Waals surface area contributed by atoms with Crippen LogP contribution in [0, 0.1) is 0 Å². The summed E-state index contributed by atoms with van der Waals surface area (Å²) < 4.78 is 45.9. The first-order chi connectivity index (χ1) is 12.8. The summed E-state index contributed by atoms with van der Waals surface area (Å²) in [5.74, 6) is -0.413. The Balaban J connectivity index is 1.59. The highest BCUT2D eigenvalue weighted by Gasteiger charge is 2.43. The normalized spacial score (nSPS) is 19.9. The molecule has 1 aromatic rings. The third kappa shape index (κ3) is 4.94. The summed E-state index contributed by atoms with van der Waals surface area (Å²) >= 11 is 5.96. The first kappa shape index (κ1) is 20.4. The number of carbonyl (C=O) groups is 1. The highest BCUT2D eigenvalue weighted by Crippen LogP contribution is 2.47. The lowest BCUT2D eigenvalue weighted by Crippen LogP contribution is -2.39. The van der Waals surface area contributed by atoms with Gasteiger partial charge in [-0.15, -0.1) is 0 Å². The molecule has 0 unspecified atom stereocenters. The molecule has 1 aliphatic carbocycles. The molecule has 2 heterocycles. The summed E-state index contributed by atoms with van der Waals surface area (Å²) in [6.45, 7) is 6.04. The van der Waals surface area contributed by atoms with E-state index < -0.39 is 17.9 Å². The minimum absolute atomic E-state index is 0.0577. The maximum Gasteiger partial charge on any atom is 0.436 e. The zero-order chi connectivity index (χ0) is 19.6. The number of nitrogens with one attached hydrogen (secondary N) is 1. The van der Waals surface area contributed by atoms with Crippen LogP contribution in [0.4, 0.5) is 13.2 Å². The third-order valence-electron chi connectivity index (χ3n) is 4.92. The van der Waals surface area contributed by atoms with Crippen LogP contribution in [-0.2, 0) is 15.7 Å². The van der Waals surface area contributed by atoms with E-state index in [0.717, 1.165) is 56.8 Å². The fourth-order valence-corrected chi connectivity index (χ4v) is 3.61. The molecule has 2 fully saturated rings. The summed E-state index contributed by atoms with van der Waals surface area (Å²) in [5.41, 5.74) is -0.794. The summed E-state index contributed by atoms with van der Waals surface area (Å²) in [5, 5.41) is 6.06. The van der Waals surface area contributed by atoms with Crippen LogP contribution in [0.1, 0.15) is 49.5 Å². The maximum atomic E-state index is 13.1. The topological polar surface area (TPSA) is 59.4 Å². The standard InChI is InChI=1S/C17H24ClF3N4O2/c1-11(16(26)22-5-2-6-24-7-9-27-10-8-24)25-14(12-3-4-12)13(18)15(23-25)17(19,20)21/h11-12H,2-10H2,1H3,(H,22,26)/t11-/m1/s1. The summed E-state index contributed by atoms with van der Waals surface area (Å²) in [4.78, 5) is 14.7. The van der Waals surface area contributed by atoms with Crippen molar-refractivity contribution in [3.63, 3.8) is 0 Å². The van der Waals surface area contributed by atoms with E-state index >= 15 is 0 Å². The van der Waals surface area contributed by atoms with Gasteiger partial charge in [-0.25, -0.2) is 0 Å². The molecule has 1 aliphatic heterocycles. The molecule has 2 aliphatic rings. The Morgan fingerprint density at radius 3 is 2.63 bits per heavy atom. The molecule has 1 amide bonds. The number of morpholine rings is 1. The van der Waals surface area contributed by atoms with Crippen molar-refractivity contribution in [3.8, 4) is 0 Å². The summed E-state index contributed by atoms with van der Waals surface area (Å²) in [6.07, 6.45) is -2.35. The molecule has 1 aromatic heterocycles. The van der Waals surface area contributed by atoms with Crippen LogP contribution >= 0.6 is 11.6 Å². The summed E-state index contributed by atoms with van der Waals surface area (Å²) in [7, 11) is 0. The van der Waals surface area contributed by atoms with Gasteiger partial charge in [0, 0.05) is 25.6 Å². The van der Waals surface area contributed by atoms with Crippen LogP contribution < -0.4 is 5.32 Å². The predicted octanol–water partition coefficient (Wildman–Crippen LogP) is 2.83. The van der Waals surface area contributed by atoms with Gasteiger partial charge >= 0.3 is 6.18 Å². The monoisotopic (exact) mass is 408 g/mol. The Hall–Kier alpha value is -1.32. The lowest BCUT2D eigenvalue weighted by molar-refractivity contribution is -0.141. The van der Waals surface area contributed by atoms with Crippen LogP contribution in [-0.4, -0.2) is 60.0 Å². The third-order valence-corrected chi connectivity index (χ3v) is 5.29. The lowest BCUT2D eigenvalue weighted by Gasteiger charge is -2.26. The fraction of sp³-hybridized carbons (Fsp3) is 0.765. The van der Waals surface area contributed by atoms with E-state index in [1.54, 1.807) is 6.92 Å². The molecule has 0 radical (unpaired) electrons. The molecule has 27 heavy (non-hydrogen) atoms. The molecule has 6 nitrogen and oxygen atoms in total. The molecule has 3 rings (SSSR count). The van der Waals surface area contributed by atoms with Gasteiger partial charge in [0.15, 0.2) is 5.69 Å². The Bertz CT molecular complexity index is 670. The lowest BCUT2D eigenvalue weighted by atomic mass is 10.2. The van der Waals surface area contributed by atoms with E-state index in [9.17, 15) is 18.0 Å². The first-order valence-corrected chi connectivity index (χ1v) is 9.59. The molecule has 0 aromatic carbocycles. The van der Waals surface area contributed by atoms with E-state index in [0.29, 0.717) is 12.2 Å². The molecular formula is C17H24ClF3N4O2. The minimum atomic E-state index is -4.64. The van der Waals surface area contributed by atoms with Crippen molar-refractivity contribution in [1.29, 1.82) is 0 Å². The van der Waals surface area contributed by atoms with Gasteiger partial charge in [-0.1, -0.05) is 11.6 Å². The number of carbonyl (C=O) groups excluding carboxylic acids is 1. The van der Waals surface area contributed by atoms with E-state index in [4.69, 9.17) is 16.3 Å². The SMILES string of the molecule is C[C@H](C(=O)NCCCN1CCOCC1)n1nc(C(F)(F)F)c(Cl)c1C1CC1. The van der Waals surface area contributed by atoms with Gasteiger partial charge in [-0.3, -0.25) is 14.4 Å². The molecule has 152 valence electrons. The van der Waals surface area contributed by atoms with Gasteiger partial charge in [0.2, 0.25) is 5.91 Å². The highest BCUT2D eigenvalue weighted by atomic mass is 35.5. The van der Waals surface area contributed by atoms with Crippen LogP contribution in [0.2, 0.25) is 5.02 Å². The van der Waals surface area contributed by atoms with Gasteiger partial charge < -0.3 is 10.1 Å². The minimum Gasteiger partial charge on any atom is -0.379 e. The number of aromatic nitrogens is 2. The molecule has 1 atom stereocenters. The quantitative estimate of drug-likeness (QED) is 0.705. The van der Waals surface area contributed by atoms with Crippen molar-refractivity contribution in [2.24, 2.45) is 0 Å². The van der Waals surface area contributed by atoms with Gasteiger partial charge in [-0.2, -0.15) is 18.3 Å². The zero-order valence-corrected chi connectivity index (χ0v) is 15.9. The van der Waals surface area contributed by atoms with E-state index in [1.807, 2.05) is 0 Å². The highest BCUT2D eigenvalue weighted by molar-refractivity contribution is 6.32. The number of nitrogens with zero attached hydrogens (tertiary/aromatic N) is 3. The van der Waals surface area contributed by atoms with E-state index in [-0.39, 0.29) is 16.8 Å². The Morgan fingerprint density at radius 2 is 2.04 bits per heavy atom. The number of amides is 1. The fourth-order valence-electron chi connectivity index (χ4n) is 3.22. The number of ether oxygens (including phenoxy) is 1. The van der Waals surface area contributed by atoms with Crippen LogP contribution in [0.15, 0.2) is 0 Å². The van der Waals surface area contributed by atoms with Gasteiger partial charge in [0.25, 0.3) is 0 Å². The second-order valence-corrected chi connectivity index (χ2v) is 7.42. The first-order valence-electron chi connectivity index (χ1n) is 9.22. The molecule has 0 bridgehead atoms. The molecule has 1 saturated carbocycles. The van der Waals surface area contributed by atoms with Crippen LogP contribution in [0.5, 0.6) is 0 Å².